The second-order valence-corrected chi connectivity index (χ2v) is 11.2. The van der Waals surface area contributed by atoms with Crippen LogP contribution in [0.5, 0.6) is 0 Å². The topological polar surface area (TPSA) is 95.0 Å². The molecule has 9 heteroatoms. The molecule has 3 aliphatic heterocycles. The number of aromatic nitrogens is 1. The number of fused-ring (bicyclic) bond motifs is 1. The molecule has 6 rings (SSSR count). The van der Waals surface area contributed by atoms with Crippen molar-refractivity contribution in [2.24, 2.45) is 5.92 Å². The van der Waals surface area contributed by atoms with Gasteiger partial charge in [0.15, 0.2) is 0 Å². The smallest absolute Gasteiger partial charge is 0.259 e. The Morgan fingerprint density at radius 2 is 1.50 bits per heavy atom. The molecule has 1 N–H and O–H groups in total. The maximum absolute atomic E-state index is 13.2. The molecule has 4 heterocycles. The van der Waals surface area contributed by atoms with E-state index in [1.165, 1.54) is 23.1 Å². The molecule has 0 spiro atoms. The lowest BCUT2D eigenvalue weighted by molar-refractivity contribution is -0.135. The van der Waals surface area contributed by atoms with Crippen molar-refractivity contribution in [3.05, 3.63) is 70.6 Å². The van der Waals surface area contributed by atoms with Gasteiger partial charge in [-0.25, -0.2) is 0 Å². The number of hydrogen-bond donors (Lipinski definition) is 1. The molecular weight excluding hydrogens is 506 g/mol. The molecule has 40 heavy (non-hydrogen) atoms. The van der Waals surface area contributed by atoms with Gasteiger partial charge >= 0.3 is 0 Å². The summed E-state index contributed by atoms with van der Waals surface area (Å²) in [6, 6.07) is 15.1. The molecule has 0 radical (unpaired) electrons. The lowest BCUT2D eigenvalue weighted by Crippen LogP contribution is -2.49. The number of amides is 2. The number of aldehydes is 1. The lowest BCUT2D eigenvalue weighted by Gasteiger charge is -2.40. The van der Waals surface area contributed by atoms with Gasteiger partial charge in [-0.05, 0) is 79.1 Å². The molecule has 2 aromatic carbocycles. The van der Waals surface area contributed by atoms with Crippen LogP contribution in [-0.2, 0) is 9.59 Å². The molecule has 3 saturated heterocycles. The number of piperazine rings is 1. The van der Waals surface area contributed by atoms with Crippen LogP contribution >= 0.6 is 0 Å². The highest BCUT2D eigenvalue weighted by atomic mass is 16.2. The molecule has 2 amide bonds. The normalized spacial score (nSPS) is 21.1. The van der Waals surface area contributed by atoms with Gasteiger partial charge in [-0.15, -0.1) is 0 Å². The van der Waals surface area contributed by atoms with Gasteiger partial charge in [-0.3, -0.25) is 29.4 Å². The summed E-state index contributed by atoms with van der Waals surface area (Å²) in [4.78, 5) is 55.2. The Hall–Kier alpha value is -3.98. The average Bonchev–Trinajstić information content (AvgIpc) is 2.98. The van der Waals surface area contributed by atoms with Crippen LogP contribution in [0.3, 0.4) is 0 Å². The van der Waals surface area contributed by atoms with Gasteiger partial charge in [-0.1, -0.05) is 0 Å². The third-order valence-corrected chi connectivity index (χ3v) is 8.72. The third-order valence-electron chi connectivity index (χ3n) is 8.72. The molecular formula is C31H35N5O4. The van der Waals surface area contributed by atoms with Gasteiger partial charge in [-0.2, -0.15) is 0 Å². The zero-order chi connectivity index (χ0) is 27.6. The highest BCUT2D eigenvalue weighted by molar-refractivity contribution is 5.99. The molecule has 3 aliphatic rings. The van der Waals surface area contributed by atoms with Crippen molar-refractivity contribution in [3.8, 4) is 0 Å². The van der Waals surface area contributed by atoms with Gasteiger partial charge in [0.05, 0.1) is 0 Å². The van der Waals surface area contributed by atoms with Gasteiger partial charge in [0.2, 0.25) is 11.8 Å². The van der Waals surface area contributed by atoms with Crippen LogP contribution in [0.1, 0.15) is 42.1 Å². The molecule has 3 fully saturated rings. The monoisotopic (exact) mass is 541 g/mol. The van der Waals surface area contributed by atoms with Gasteiger partial charge in [0.1, 0.15) is 12.3 Å². The highest BCUT2D eigenvalue weighted by Gasteiger charge is 2.29. The van der Waals surface area contributed by atoms with Crippen LogP contribution in [0.15, 0.2) is 59.5 Å². The van der Waals surface area contributed by atoms with Crippen molar-refractivity contribution in [2.45, 2.75) is 31.7 Å². The van der Waals surface area contributed by atoms with Gasteiger partial charge in [0, 0.05) is 80.8 Å². The van der Waals surface area contributed by atoms with E-state index in [-0.39, 0.29) is 17.9 Å². The van der Waals surface area contributed by atoms with Crippen LogP contribution < -0.4 is 20.7 Å². The van der Waals surface area contributed by atoms with Crippen molar-refractivity contribution in [1.82, 2.24) is 14.8 Å². The van der Waals surface area contributed by atoms with Crippen molar-refractivity contribution in [1.29, 1.82) is 0 Å². The Bertz CT molecular complexity index is 1470. The fourth-order valence-electron chi connectivity index (χ4n) is 6.33. The minimum absolute atomic E-state index is 0.201. The van der Waals surface area contributed by atoms with E-state index in [0.29, 0.717) is 17.7 Å². The summed E-state index contributed by atoms with van der Waals surface area (Å²) < 4.78 is 1.45. The number of rotatable bonds is 6. The molecule has 1 atom stereocenters. The zero-order valence-corrected chi connectivity index (χ0v) is 22.6. The number of nitrogens with zero attached hydrogens (tertiary/aromatic N) is 4. The highest BCUT2D eigenvalue weighted by Crippen LogP contribution is 2.26. The third kappa shape index (κ3) is 5.38. The molecule has 1 aromatic heterocycles. The first-order valence-electron chi connectivity index (χ1n) is 14.2. The summed E-state index contributed by atoms with van der Waals surface area (Å²) in [5.74, 6) is -0.00325. The molecule has 9 nitrogen and oxygen atoms in total. The summed E-state index contributed by atoms with van der Waals surface area (Å²) in [6.45, 7) is 7.15. The summed E-state index contributed by atoms with van der Waals surface area (Å²) in [6.07, 6.45) is 5.50. The van der Waals surface area contributed by atoms with Crippen molar-refractivity contribution < 1.29 is 14.4 Å². The largest absolute Gasteiger partial charge is 0.372 e. The number of imide groups is 1. The molecule has 1 unspecified atom stereocenters. The van der Waals surface area contributed by atoms with Crippen LogP contribution in [-0.4, -0.2) is 73.4 Å². The minimum atomic E-state index is -0.649. The maximum Gasteiger partial charge on any atom is 0.259 e. The van der Waals surface area contributed by atoms with E-state index in [9.17, 15) is 19.2 Å². The van der Waals surface area contributed by atoms with Crippen LogP contribution in [0.25, 0.3) is 10.8 Å². The van der Waals surface area contributed by atoms with Crippen molar-refractivity contribution >= 4 is 40.2 Å². The standard InChI is InChI=1S/C31H35N5O4/c37-21-23-1-3-25(4-2-23)34-12-9-22(10-13-34)20-33-15-17-35(18-16-33)26-5-6-27-24(19-26)11-14-36(31(27)40)28-7-8-29(38)32-30(28)39/h1-6,11,14,19,21-22,28H,7-10,12-13,15-18,20H2,(H,32,38,39). The second kappa shape index (κ2) is 11.3. The molecule has 3 aromatic rings. The number of anilines is 2. The molecule has 208 valence electrons. The average molecular weight is 542 g/mol. The van der Waals surface area contributed by atoms with Crippen molar-refractivity contribution in [3.63, 3.8) is 0 Å². The quantitative estimate of drug-likeness (QED) is 0.379. The van der Waals surface area contributed by atoms with Crippen LogP contribution in [0, 0.1) is 5.92 Å². The SMILES string of the molecule is O=Cc1ccc(N2CCC(CN3CCN(c4ccc5c(=O)n(C6CCC(=O)NC6=O)ccc5c4)CC3)CC2)cc1. The zero-order valence-electron chi connectivity index (χ0n) is 22.6. The Morgan fingerprint density at radius 1 is 0.800 bits per heavy atom. The fourth-order valence-corrected chi connectivity index (χ4v) is 6.33. The Morgan fingerprint density at radius 3 is 2.20 bits per heavy atom. The molecule has 0 saturated carbocycles. The van der Waals surface area contributed by atoms with E-state index in [1.807, 2.05) is 42.5 Å². The van der Waals surface area contributed by atoms with Gasteiger partial charge in [0.25, 0.3) is 5.56 Å². The second-order valence-electron chi connectivity index (χ2n) is 11.2. The molecule has 0 aliphatic carbocycles. The van der Waals surface area contributed by atoms with Crippen molar-refractivity contribution in [2.75, 3.05) is 55.6 Å². The summed E-state index contributed by atoms with van der Waals surface area (Å²) in [5, 5.41) is 3.78. The van der Waals surface area contributed by atoms with E-state index in [0.717, 1.165) is 68.7 Å². The Kier molecular flexibility index (Phi) is 7.38. The first-order valence-corrected chi connectivity index (χ1v) is 14.2. The first kappa shape index (κ1) is 26.3. The minimum Gasteiger partial charge on any atom is -0.372 e. The molecule has 0 bridgehead atoms. The number of carbonyl (C=O) groups is 3. The number of hydrogen-bond acceptors (Lipinski definition) is 7. The Labute approximate surface area is 233 Å². The predicted octanol–water partition coefficient (Wildman–Crippen LogP) is 2.83. The number of pyridine rings is 1. The van der Waals surface area contributed by atoms with E-state index in [1.54, 1.807) is 6.20 Å². The maximum atomic E-state index is 13.2. The Balaban J connectivity index is 1.03. The first-order chi connectivity index (χ1) is 19.5. The summed E-state index contributed by atoms with van der Waals surface area (Å²) in [5.41, 5.74) is 2.82. The summed E-state index contributed by atoms with van der Waals surface area (Å²) in [7, 11) is 0. The number of piperidine rings is 2. The van der Waals surface area contributed by atoms with E-state index >= 15 is 0 Å². The van der Waals surface area contributed by atoms with E-state index in [2.05, 4.69) is 26.1 Å². The van der Waals surface area contributed by atoms with Gasteiger partial charge < -0.3 is 14.4 Å². The number of benzene rings is 2. The van der Waals surface area contributed by atoms with E-state index < -0.39 is 11.9 Å². The summed E-state index contributed by atoms with van der Waals surface area (Å²) >= 11 is 0. The van der Waals surface area contributed by atoms with E-state index in [4.69, 9.17) is 0 Å². The van der Waals surface area contributed by atoms with Crippen LogP contribution in [0.2, 0.25) is 0 Å². The number of nitrogens with one attached hydrogen (secondary N) is 1. The fraction of sp³-hybridized carbons (Fsp3) is 0.419. The van der Waals surface area contributed by atoms with Crippen LogP contribution in [0.4, 0.5) is 11.4 Å². The lowest BCUT2D eigenvalue weighted by atomic mass is 9.95. The predicted molar refractivity (Wildman–Crippen MR) is 155 cm³/mol. The number of carbonyl (C=O) groups excluding carboxylic acids is 3.